The molecule has 5 nitrogen and oxygen atoms in total. The average molecular weight is 260 g/mol. The van der Waals surface area contributed by atoms with Gasteiger partial charge in [-0.3, -0.25) is 0 Å². The second-order valence-electron chi connectivity index (χ2n) is 5.32. The van der Waals surface area contributed by atoms with Gasteiger partial charge in [-0.2, -0.15) is 0 Å². The number of nitrogens with one attached hydrogen (secondary N) is 2. The highest BCUT2D eigenvalue weighted by Crippen LogP contribution is 2.06. The van der Waals surface area contributed by atoms with E-state index in [1.165, 1.54) is 0 Å². The maximum atomic E-state index is 11.3. The van der Waals surface area contributed by atoms with Gasteiger partial charge in [0.25, 0.3) is 0 Å². The molecule has 0 unspecified atom stereocenters. The van der Waals surface area contributed by atoms with Crippen LogP contribution in [0.2, 0.25) is 0 Å². The molecule has 0 saturated carbocycles. The highest BCUT2D eigenvalue weighted by Gasteiger charge is 2.15. The number of carbonyl (C=O) groups excluding carboxylic acids is 1. The minimum Gasteiger partial charge on any atom is -0.444 e. The molecule has 0 aromatic rings. The first kappa shape index (κ1) is 17.2. The molecule has 0 atom stereocenters. The molecule has 0 fully saturated rings. The SMILES string of the molecule is CC(C)(C)OC(=O)NCCCCNCCCCO. The molecule has 1 amide bonds. The van der Waals surface area contributed by atoms with E-state index in [1.807, 2.05) is 20.8 Å². The monoisotopic (exact) mass is 260 g/mol. The Balaban J connectivity index is 3.23. The highest BCUT2D eigenvalue weighted by molar-refractivity contribution is 5.67. The number of aliphatic hydroxyl groups excluding tert-OH is 1. The van der Waals surface area contributed by atoms with Crippen LogP contribution in [0.15, 0.2) is 0 Å². The first-order valence-corrected chi connectivity index (χ1v) is 6.74. The molecule has 0 aliphatic heterocycles. The van der Waals surface area contributed by atoms with Crippen molar-refractivity contribution in [2.24, 2.45) is 0 Å². The lowest BCUT2D eigenvalue weighted by Crippen LogP contribution is -2.33. The molecule has 108 valence electrons. The molecule has 0 radical (unpaired) electrons. The smallest absolute Gasteiger partial charge is 0.407 e. The first-order chi connectivity index (χ1) is 8.45. The molecule has 0 heterocycles. The van der Waals surface area contributed by atoms with Crippen molar-refractivity contribution >= 4 is 6.09 Å². The van der Waals surface area contributed by atoms with Crippen molar-refractivity contribution in [2.75, 3.05) is 26.2 Å². The predicted octanol–water partition coefficient (Wildman–Crippen LogP) is 1.65. The largest absolute Gasteiger partial charge is 0.444 e. The molecular weight excluding hydrogens is 232 g/mol. The second-order valence-corrected chi connectivity index (χ2v) is 5.32. The fraction of sp³-hybridized carbons (Fsp3) is 0.923. The van der Waals surface area contributed by atoms with Crippen molar-refractivity contribution in [3.63, 3.8) is 0 Å². The van der Waals surface area contributed by atoms with E-state index in [4.69, 9.17) is 9.84 Å². The van der Waals surface area contributed by atoms with Crippen molar-refractivity contribution < 1.29 is 14.6 Å². The Morgan fingerprint density at radius 2 is 1.61 bits per heavy atom. The summed E-state index contributed by atoms with van der Waals surface area (Å²) in [5.41, 5.74) is -0.432. The molecule has 0 spiro atoms. The minimum atomic E-state index is -0.432. The van der Waals surface area contributed by atoms with E-state index in [0.29, 0.717) is 6.54 Å². The summed E-state index contributed by atoms with van der Waals surface area (Å²) in [7, 11) is 0. The lowest BCUT2D eigenvalue weighted by atomic mass is 10.2. The molecular formula is C13H28N2O3. The third-order valence-corrected chi connectivity index (χ3v) is 2.21. The van der Waals surface area contributed by atoms with Crippen LogP contribution in [0, 0.1) is 0 Å². The van der Waals surface area contributed by atoms with Gasteiger partial charge in [-0.25, -0.2) is 4.79 Å². The van der Waals surface area contributed by atoms with E-state index in [9.17, 15) is 4.79 Å². The van der Waals surface area contributed by atoms with Gasteiger partial charge in [0.2, 0.25) is 0 Å². The number of carbonyl (C=O) groups is 1. The summed E-state index contributed by atoms with van der Waals surface area (Å²) in [6.07, 6.45) is 3.47. The molecule has 0 aliphatic carbocycles. The molecule has 0 rings (SSSR count). The first-order valence-electron chi connectivity index (χ1n) is 6.74. The van der Waals surface area contributed by atoms with Crippen LogP contribution in [-0.2, 0) is 4.74 Å². The molecule has 18 heavy (non-hydrogen) atoms. The highest BCUT2D eigenvalue weighted by atomic mass is 16.6. The Labute approximate surface area is 110 Å². The number of aliphatic hydroxyl groups is 1. The molecule has 0 aliphatic rings. The van der Waals surface area contributed by atoms with Gasteiger partial charge in [-0.05, 0) is 59.5 Å². The number of hydrogen-bond acceptors (Lipinski definition) is 4. The van der Waals surface area contributed by atoms with Crippen LogP contribution in [0.4, 0.5) is 4.79 Å². The van der Waals surface area contributed by atoms with Gasteiger partial charge >= 0.3 is 6.09 Å². The molecule has 5 heteroatoms. The maximum absolute atomic E-state index is 11.3. The fourth-order valence-corrected chi connectivity index (χ4v) is 1.37. The topological polar surface area (TPSA) is 70.6 Å². The van der Waals surface area contributed by atoms with Crippen molar-refractivity contribution in [1.29, 1.82) is 0 Å². The van der Waals surface area contributed by atoms with E-state index >= 15 is 0 Å². The summed E-state index contributed by atoms with van der Waals surface area (Å²) in [5.74, 6) is 0. The third-order valence-electron chi connectivity index (χ3n) is 2.21. The van der Waals surface area contributed by atoms with Crippen molar-refractivity contribution in [3.8, 4) is 0 Å². The Hall–Kier alpha value is -0.810. The van der Waals surface area contributed by atoms with Crippen LogP contribution in [0.3, 0.4) is 0 Å². The van der Waals surface area contributed by atoms with E-state index < -0.39 is 5.60 Å². The van der Waals surface area contributed by atoms with Crippen LogP contribution < -0.4 is 10.6 Å². The lowest BCUT2D eigenvalue weighted by molar-refractivity contribution is 0.0527. The van der Waals surface area contributed by atoms with E-state index in [-0.39, 0.29) is 12.7 Å². The number of hydrogen-bond donors (Lipinski definition) is 3. The quantitative estimate of drug-likeness (QED) is 0.551. The van der Waals surface area contributed by atoms with Gasteiger partial charge in [0, 0.05) is 13.2 Å². The Morgan fingerprint density at radius 3 is 2.17 bits per heavy atom. The molecule has 0 aromatic carbocycles. The van der Waals surface area contributed by atoms with Crippen molar-refractivity contribution in [3.05, 3.63) is 0 Å². The van der Waals surface area contributed by atoms with Gasteiger partial charge in [0.15, 0.2) is 0 Å². The maximum Gasteiger partial charge on any atom is 0.407 e. The zero-order valence-corrected chi connectivity index (χ0v) is 11.9. The molecule has 3 N–H and O–H groups in total. The molecule has 0 saturated heterocycles. The summed E-state index contributed by atoms with van der Waals surface area (Å²) >= 11 is 0. The summed E-state index contributed by atoms with van der Waals surface area (Å²) in [6, 6.07) is 0. The van der Waals surface area contributed by atoms with Crippen LogP contribution in [-0.4, -0.2) is 43.0 Å². The van der Waals surface area contributed by atoms with Crippen molar-refractivity contribution in [2.45, 2.75) is 52.1 Å². The van der Waals surface area contributed by atoms with Gasteiger partial charge in [0.05, 0.1) is 0 Å². The Kier molecular flexibility index (Phi) is 9.69. The number of alkyl carbamates (subject to hydrolysis) is 1. The van der Waals surface area contributed by atoms with Gasteiger partial charge in [-0.15, -0.1) is 0 Å². The zero-order chi connectivity index (χ0) is 13.9. The van der Waals surface area contributed by atoms with Crippen LogP contribution in [0.1, 0.15) is 46.5 Å². The summed E-state index contributed by atoms with van der Waals surface area (Å²) in [5, 5.41) is 14.6. The predicted molar refractivity (Wildman–Crippen MR) is 72.7 cm³/mol. The van der Waals surface area contributed by atoms with Gasteiger partial charge in [0.1, 0.15) is 5.60 Å². The van der Waals surface area contributed by atoms with Gasteiger partial charge in [-0.1, -0.05) is 0 Å². The number of ether oxygens (including phenoxy) is 1. The standard InChI is InChI=1S/C13H28N2O3/c1-13(2,3)18-12(17)15-10-5-4-8-14-9-6-7-11-16/h14,16H,4-11H2,1-3H3,(H,15,17). The van der Waals surface area contributed by atoms with E-state index in [0.717, 1.165) is 38.8 Å². The summed E-state index contributed by atoms with van der Waals surface area (Å²) < 4.78 is 5.12. The Morgan fingerprint density at radius 1 is 1.06 bits per heavy atom. The lowest BCUT2D eigenvalue weighted by Gasteiger charge is -2.19. The number of amides is 1. The van der Waals surface area contributed by atoms with Crippen LogP contribution in [0.5, 0.6) is 0 Å². The van der Waals surface area contributed by atoms with Crippen molar-refractivity contribution in [1.82, 2.24) is 10.6 Å². The third kappa shape index (κ3) is 13.3. The zero-order valence-electron chi connectivity index (χ0n) is 11.9. The number of unbranched alkanes of at least 4 members (excludes halogenated alkanes) is 2. The summed E-state index contributed by atoms with van der Waals surface area (Å²) in [6.45, 7) is 8.35. The normalized spacial score (nSPS) is 11.3. The molecule has 0 aromatic heterocycles. The molecule has 0 bridgehead atoms. The minimum absolute atomic E-state index is 0.265. The van der Waals surface area contributed by atoms with Crippen LogP contribution in [0.25, 0.3) is 0 Å². The second kappa shape index (κ2) is 10.1. The average Bonchev–Trinajstić information content (AvgIpc) is 2.24. The van der Waals surface area contributed by atoms with Crippen LogP contribution >= 0.6 is 0 Å². The Bertz CT molecular complexity index is 215. The summed E-state index contributed by atoms with van der Waals surface area (Å²) in [4.78, 5) is 11.3. The fourth-order valence-electron chi connectivity index (χ4n) is 1.37. The van der Waals surface area contributed by atoms with E-state index in [2.05, 4.69) is 10.6 Å². The van der Waals surface area contributed by atoms with Gasteiger partial charge < -0.3 is 20.5 Å². The number of rotatable bonds is 9. The van der Waals surface area contributed by atoms with E-state index in [1.54, 1.807) is 0 Å².